The molecular formula is C14H14N2O6. The van der Waals surface area contributed by atoms with Crippen molar-refractivity contribution in [1.82, 2.24) is 10.9 Å². The minimum Gasteiger partial charge on any atom is -0.494 e. The zero-order chi connectivity index (χ0) is 15.4. The van der Waals surface area contributed by atoms with E-state index in [-0.39, 0.29) is 19.0 Å². The lowest BCUT2D eigenvalue weighted by molar-refractivity contribution is -0.135. The minimum atomic E-state index is -0.854. The van der Waals surface area contributed by atoms with Gasteiger partial charge in [0.05, 0.1) is 0 Å². The lowest BCUT2D eigenvalue weighted by Gasteiger charge is -2.25. The SMILES string of the molecule is O=C(NNC(=O)[C@@H]1COc2ccccc2O1)C1=COCCO1. The summed E-state index contributed by atoms with van der Waals surface area (Å²) in [4.78, 5) is 23.7. The van der Waals surface area contributed by atoms with Crippen LogP contribution in [0.3, 0.4) is 0 Å². The van der Waals surface area contributed by atoms with Crippen LogP contribution in [-0.2, 0) is 19.1 Å². The molecule has 0 spiro atoms. The van der Waals surface area contributed by atoms with Gasteiger partial charge in [-0.2, -0.15) is 0 Å². The van der Waals surface area contributed by atoms with Crippen molar-refractivity contribution in [3.63, 3.8) is 0 Å². The number of carbonyl (C=O) groups excluding carboxylic acids is 2. The van der Waals surface area contributed by atoms with E-state index in [1.54, 1.807) is 18.2 Å². The predicted octanol–water partition coefficient (Wildman–Crippen LogP) is -0.138. The van der Waals surface area contributed by atoms with E-state index < -0.39 is 17.9 Å². The summed E-state index contributed by atoms with van der Waals surface area (Å²) in [5, 5.41) is 0. The number of carbonyl (C=O) groups is 2. The molecule has 2 amide bonds. The fourth-order valence-electron chi connectivity index (χ4n) is 1.90. The van der Waals surface area contributed by atoms with E-state index in [1.165, 1.54) is 6.26 Å². The molecule has 3 rings (SSSR count). The molecule has 0 bridgehead atoms. The summed E-state index contributed by atoms with van der Waals surface area (Å²) in [6.07, 6.45) is 0.342. The first kappa shape index (κ1) is 14.1. The smallest absolute Gasteiger partial charge is 0.308 e. The fourth-order valence-corrected chi connectivity index (χ4v) is 1.90. The average Bonchev–Trinajstić information content (AvgIpc) is 2.59. The summed E-state index contributed by atoms with van der Waals surface area (Å²) in [6.45, 7) is 0.723. The number of hydrogen-bond acceptors (Lipinski definition) is 6. The van der Waals surface area contributed by atoms with E-state index in [4.69, 9.17) is 18.9 Å². The summed E-state index contributed by atoms with van der Waals surface area (Å²) in [5.74, 6) is -0.0801. The van der Waals surface area contributed by atoms with Gasteiger partial charge in [0.15, 0.2) is 11.5 Å². The van der Waals surface area contributed by atoms with Crippen LogP contribution in [0.5, 0.6) is 11.5 Å². The number of fused-ring (bicyclic) bond motifs is 1. The molecule has 0 saturated carbocycles. The van der Waals surface area contributed by atoms with Crippen molar-refractivity contribution in [3.05, 3.63) is 36.3 Å². The minimum absolute atomic E-state index is 0.00212. The van der Waals surface area contributed by atoms with E-state index in [0.29, 0.717) is 18.1 Å². The molecule has 2 aliphatic rings. The van der Waals surface area contributed by atoms with Crippen LogP contribution >= 0.6 is 0 Å². The van der Waals surface area contributed by atoms with Gasteiger partial charge in [-0.15, -0.1) is 0 Å². The number of benzene rings is 1. The van der Waals surface area contributed by atoms with E-state index in [1.807, 2.05) is 6.07 Å². The predicted molar refractivity (Wildman–Crippen MR) is 72.6 cm³/mol. The first-order valence-electron chi connectivity index (χ1n) is 6.67. The Morgan fingerprint density at radius 1 is 1.05 bits per heavy atom. The van der Waals surface area contributed by atoms with Gasteiger partial charge < -0.3 is 18.9 Å². The Morgan fingerprint density at radius 2 is 1.86 bits per heavy atom. The third-order valence-corrected chi connectivity index (χ3v) is 2.97. The largest absolute Gasteiger partial charge is 0.494 e. The van der Waals surface area contributed by atoms with Crippen LogP contribution in [0.1, 0.15) is 0 Å². The molecule has 8 heteroatoms. The molecular weight excluding hydrogens is 292 g/mol. The van der Waals surface area contributed by atoms with E-state index in [2.05, 4.69) is 10.9 Å². The van der Waals surface area contributed by atoms with Crippen LogP contribution in [0.2, 0.25) is 0 Å². The van der Waals surface area contributed by atoms with Crippen molar-refractivity contribution in [2.24, 2.45) is 0 Å². The molecule has 0 aliphatic carbocycles. The second-order valence-corrected chi connectivity index (χ2v) is 4.51. The van der Waals surface area contributed by atoms with Crippen LogP contribution < -0.4 is 20.3 Å². The summed E-state index contributed by atoms with van der Waals surface area (Å²) < 4.78 is 21.0. The van der Waals surface area contributed by atoms with E-state index in [9.17, 15) is 9.59 Å². The topological polar surface area (TPSA) is 95.1 Å². The number of nitrogens with one attached hydrogen (secondary N) is 2. The Balaban J connectivity index is 1.52. The van der Waals surface area contributed by atoms with Crippen LogP contribution in [-0.4, -0.2) is 37.7 Å². The zero-order valence-corrected chi connectivity index (χ0v) is 11.5. The maximum Gasteiger partial charge on any atom is 0.308 e. The van der Waals surface area contributed by atoms with Crippen molar-refractivity contribution >= 4 is 11.8 Å². The first-order chi connectivity index (χ1) is 10.7. The van der Waals surface area contributed by atoms with E-state index in [0.717, 1.165) is 0 Å². The molecule has 1 aromatic carbocycles. The highest BCUT2D eigenvalue weighted by atomic mass is 16.6. The Hall–Kier alpha value is -2.90. The Labute approximate surface area is 125 Å². The van der Waals surface area contributed by atoms with Crippen molar-refractivity contribution in [3.8, 4) is 11.5 Å². The molecule has 0 fully saturated rings. The van der Waals surface area contributed by atoms with Gasteiger partial charge in [0.1, 0.15) is 26.1 Å². The van der Waals surface area contributed by atoms with Gasteiger partial charge in [0, 0.05) is 0 Å². The molecule has 0 saturated heterocycles. The van der Waals surface area contributed by atoms with Gasteiger partial charge in [-0.3, -0.25) is 20.4 Å². The monoisotopic (exact) mass is 306 g/mol. The molecule has 2 heterocycles. The summed E-state index contributed by atoms with van der Waals surface area (Å²) in [7, 11) is 0. The van der Waals surface area contributed by atoms with Crippen LogP contribution in [0, 0.1) is 0 Å². The standard InChI is InChI=1S/C14H14N2O6/c17-13(11-7-19-5-6-20-11)15-16-14(18)12-8-21-9-3-1-2-4-10(9)22-12/h1-4,7,12H,5-6,8H2,(H,15,17)(H,16,18)/t12-/m0/s1. The lowest BCUT2D eigenvalue weighted by atomic mass is 10.2. The lowest BCUT2D eigenvalue weighted by Crippen LogP contribution is -2.51. The molecule has 0 aromatic heterocycles. The molecule has 8 nitrogen and oxygen atoms in total. The average molecular weight is 306 g/mol. The molecule has 22 heavy (non-hydrogen) atoms. The van der Waals surface area contributed by atoms with Gasteiger partial charge in [0.2, 0.25) is 11.9 Å². The Kier molecular flexibility index (Phi) is 3.99. The third-order valence-electron chi connectivity index (χ3n) is 2.97. The van der Waals surface area contributed by atoms with Crippen LogP contribution in [0.15, 0.2) is 36.3 Å². The van der Waals surface area contributed by atoms with Gasteiger partial charge >= 0.3 is 5.91 Å². The number of amides is 2. The van der Waals surface area contributed by atoms with Crippen LogP contribution in [0.4, 0.5) is 0 Å². The van der Waals surface area contributed by atoms with Gasteiger partial charge in [0.25, 0.3) is 5.91 Å². The molecule has 0 unspecified atom stereocenters. The zero-order valence-electron chi connectivity index (χ0n) is 11.5. The highest BCUT2D eigenvalue weighted by Crippen LogP contribution is 2.30. The number of rotatable bonds is 2. The molecule has 1 atom stereocenters. The summed E-state index contributed by atoms with van der Waals surface area (Å²) in [5.41, 5.74) is 4.49. The number of hydrazine groups is 1. The van der Waals surface area contributed by atoms with Gasteiger partial charge in [-0.25, -0.2) is 0 Å². The fraction of sp³-hybridized carbons (Fsp3) is 0.286. The quantitative estimate of drug-likeness (QED) is 0.739. The second-order valence-electron chi connectivity index (χ2n) is 4.51. The third kappa shape index (κ3) is 3.05. The van der Waals surface area contributed by atoms with Gasteiger partial charge in [-0.05, 0) is 12.1 Å². The maximum atomic E-state index is 12.0. The van der Waals surface area contributed by atoms with Crippen molar-refractivity contribution in [1.29, 1.82) is 0 Å². The molecule has 1 aromatic rings. The molecule has 2 N–H and O–H groups in total. The van der Waals surface area contributed by atoms with Crippen molar-refractivity contribution < 1.29 is 28.5 Å². The highest BCUT2D eigenvalue weighted by Gasteiger charge is 2.28. The van der Waals surface area contributed by atoms with Crippen molar-refractivity contribution in [2.75, 3.05) is 19.8 Å². The van der Waals surface area contributed by atoms with Crippen LogP contribution in [0.25, 0.3) is 0 Å². The number of ether oxygens (including phenoxy) is 4. The van der Waals surface area contributed by atoms with E-state index >= 15 is 0 Å². The molecule has 2 aliphatic heterocycles. The Bertz CT molecular complexity index is 615. The summed E-state index contributed by atoms with van der Waals surface area (Å²) in [6, 6.07) is 7.03. The second kappa shape index (κ2) is 6.25. The van der Waals surface area contributed by atoms with Crippen molar-refractivity contribution in [2.45, 2.75) is 6.10 Å². The first-order valence-corrected chi connectivity index (χ1v) is 6.67. The maximum absolute atomic E-state index is 12.0. The van der Waals surface area contributed by atoms with Gasteiger partial charge in [-0.1, -0.05) is 12.1 Å². The normalized spacial score (nSPS) is 19.1. The number of para-hydroxylation sites is 2. The molecule has 116 valence electrons. The number of hydrogen-bond donors (Lipinski definition) is 2. The summed E-state index contributed by atoms with van der Waals surface area (Å²) >= 11 is 0. The highest BCUT2D eigenvalue weighted by molar-refractivity contribution is 5.93. The Morgan fingerprint density at radius 3 is 2.64 bits per heavy atom. The molecule has 0 radical (unpaired) electrons.